The van der Waals surface area contributed by atoms with E-state index in [0.29, 0.717) is 12.1 Å². The maximum absolute atomic E-state index is 6.63. The molecule has 1 saturated heterocycles. The zero-order valence-electron chi connectivity index (χ0n) is 18.6. The summed E-state index contributed by atoms with van der Waals surface area (Å²) in [6.45, 7) is 19.3. The van der Waals surface area contributed by atoms with E-state index in [2.05, 4.69) is 83.2 Å². The molecule has 6 heteroatoms. The molecule has 158 valence electrons. The van der Waals surface area contributed by atoms with E-state index in [1.165, 1.54) is 16.7 Å². The van der Waals surface area contributed by atoms with E-state index in [-0.39, 0.29) is 32.0 Å². The third-order valence-corrected chi connectivity index (χ3v) is 10.5. The quantitative estimate of drug-likeness (QED) is 0.651. The van der Waals surface area contributed by atoms with Gasteiger partial charge in [-0.15, -0.1) is 0 Å². The molecule has 1 heterocycles. The van der Waals surface area contributed by atoms with Crippen LogP contribution in [0.4, 0.5) is 0 Å². The Hall–Kier alpha value is 0.0169. The molecule has 3 nitrogen and oxygen atoms in total. The van der Waals surface area contributed by atoms with Crippen molar-refractivity contribution in [3.05, 3.63) is 34.9 Å². The van der Waals surface area contributed by atoms with Crippen molar-refractivity contribution in [2.45, 2.75) is 71.3 Å². The standard InChI is InChI=1S/C21H38N2OSi.2H2S/c1-16-11-17(2)13-18(12-16)20(22-6)15-23-10-9-19(14-23)24-25(7,8)21(3,4)5;;/h11-13,19-20,22H,9-10,14-15H2,1-8H3;2*1H2/t19-,20-;;/m0../s1. The molecule has 0 aliphatic carbocycles. The number of aryl methyl sites for hydroxylation is 2. The second kappa shape index (κ2) is 10.7. The fourth-order valence-corrected chi connectivity index (χ4v) is 4.86. The summed E-state index contributed by atoms with van der Waals surface area (Å²) in [5.41, 5.74) is 4.08. The molecule has 0 saturated carbocycles. The fourth-order valence-electron chi connectivity index (χ4n) is 3.49. The van der Waals surface area contributed by atoms with E-state index < -0.39 is 8.32 Å². The number of nitrogens with one attached hydrogen (secondary N) is 1. The van der Waals surface area contributed by atoms with Crippen LogP contribution in [-0.4, -0.2) is 46.0 Å². The smallest absolute Gasteiger partial charge is 0.192 e. The highest BCUT2D eigenvalue weighted by atomic mass is 32.1. The second-order valence-electron chi connectivity index (χ2n) is 9.31. The van der Waals surface area contributed by atoms with Crippen molar-refractivity contribution in [3.8, 4) is 0 Å². The van der Waals surface area contributed by atoms with Crippen molar-refractivity contribution in [1.82, 2.24) is 10.2 Å². The van der Waals surface area contributed by atoms with Crippen LogP contribution < -0.4 is 5.32 Å². The van der Waals surface area contributed by atoms with Gasteiger partial charge in [0.25, 0.3) is 0 Å². The van der Waals surface area contributed by atoms with Crippen LogP contribution in [0.5, 0.6) is 0 Å². The summed E-state index contributed by atoms with van der Waals surface area (Å²) in [6.07, 6.45) is 1.56. The first-order valence-corrected chi connectivity index (χ1v) is 12.6. The summed E-state index contributed by atoms with van der Waals surface area (Å²) in [5, 5.41) is 3.80. The Bertz CT molecular complexity index is 570. The first-order valence-electron chi connectivity index (χ1n) is 9.67. The molecule has 0 unspecified atom stereocenters. The lowest BCUT2D eigenvalue weighted by atomic mass is 10.0. The zero-order valence-corrected chi connectivity index (χ0v) is 21.6. The number of rotatable bonds is 6. The number of likely N-dealkylation sites (N-methyl/N-ethyl adjacent to an activating group) is 1. The van der Waals surface area contributed by atoms with Crippen molar-refractivity contribution >= 4 is 35.3 Å². The molecular formula is C21H42N2OS2Si. The molecule has 0 radical (unpaired) electrons. The van der Waals surface area contributed by atoms with E-state index in [1.807, 2.05) is 0 Å². The average molecular weight is 431 g/mol. The number of benzene rings is 1. The van der Waals surface area contributed by atoms with E-state index in [4.69, 9.17) is 4.43 Å². The highest BCUT2D eigenvalue weighted by molar-refractivity contribution is 7.59. The van der Waals surface area contributed by atoms with Crippen LogP contribution in [0.25, 0.3) is 0 Å². The van der Waals surface area contributed by atoms with Gasteiger partial charge in [0.1, 0.15) is 0 Å². The number of nitrogens with zero attached hydrogens (tertiary/aromatic N) is 1. The predicted molar refractivity (Wildman–Crippen MR) is 132 cm³/mol. The lowest BCUT2D eigenvalue weighted by molar-refractivity contribution is 0.177. The van der Waals surface area contributed by atoms with Crippen molar-refractivity contribution in [2.24, 2.45) is 0 Å². The molecule has 1 aliphatic rings. The molecular weight excluding hydrogens is 388 g/mol. The van der Waals surface area contributed by atoms with Crippen molar-refractivity contribution in [3.63, 3.8) is 0 Å². The maximum Gasteiger partial charge on any atom is 0.192 e. The normalized spacial score (nSPS) is 19.3. The van der Waals surface area contributed by atoms with Gasteiger partial charge in [-0.2, -0.15) is 27.0 Å². The minimum absolute atomic E-state index is 0. The molecule has 27 heavy (non-hydrogen) atoms. The molecule has 0 amide bonds. The lowest BCUT2D eigenvalue weighted by Crippen LogP contribution is -2.44. The van der Waals surface area contributed by atoms with Crippen LogP contribution in [0, 0.1) is 13.8 Å². The van der Waals surface area contributed by atoms with Crippen LogP contribution in [0.1, 0.15) is 49.9 Å². The van der Waals surface area contributed by atoms with Crippen molar-refractivity contribution in [2.75, 3.05) is 26.7 Å². The van der Waals surface area contributed by atoms with Crippen LogP contribution >= 0.6 is 27.0 Å². The molecule has 1 fully saturated rings. The highest BCUT2D eigenvalue weighted by Crippen LogP contribution is 2.38. The van der Waals surface area contributed by atoms with Gasteiger partial charge in [-0.1, -0.05) is 50.1 Å². The maximum atomic E-state index is 6.63. The highest BCUT2D eigenvalue weighted by Gasteiger charge is 2.40. The van der Waals surface area contributed by atoms with Crippen LogP contribution in [-0.2, 0) is 4.43 Å². The van der Waals surface area contributed by atoms with E-state index in [9.17, 15) is 0 Å². The molecule has 0 bridgehead atoms. The second-order valence-corrected chi connectivity index (χ2v) is 14.1. The topological polar surface area (TPSA) is 24.5 Å². The molecule has 2 rings (SSSR count). The van der Waals surface area contributed by atoms with Crippen LogP contribution in [0.3, 0.4) is 0 Å². The molecule has 1 aromatic carbocycles. The minimum Gasteiger partial charge on any atom is -0.413 e. The van der Waals surface area contributed by atoms with Crippen molar-refractivity contribution in [1.29, 1.82) is 0 Å². The molecule has 1 N–H and O–H groups in total. The largest absolute Gasteiger partial charge is 0.413 e. The Kier molecular flexibility index (Phi) is 10.7. The predicted octanol–water partition coefficient (Wildman–Crippen LogP) is 4.89. The van der Waals surface area contributed by atoms with Crippen LogP contribution in [0.2, 0.25) is 18.1 Å². The third kappa shape index (κ3) is 7.41. The number of hydrogen-bond acceptors (Lipinski definition) is 3. The van der Waals surface area contributed by atoms with Gasteiger partial charge in [-0.3, -0.25) is 4.90 Å². The van der Waals surface area contributed by atoms with Gasteiger partial charge in [-0.25, -0.2) is 0 Å². The first-order chi connectivity index (χ1) is 11.5. The Morgan fingerprint density at radius 2 is 1.70 bits per heavy atom. The SMILES string of the molecule is CN[C@@H](CN1CC[C@H](O[Si](C)(C)C(C)(C)C)C1)c1cc(C)cc(C)c1.S.S. The van der Waals surface area contributed by atoms with Crippen molar-refractivity contribution < 1.29 is 4.43 Å². The fraction of sp³-hybridized carbons (Fsp3) is 0.714. The molecule has 0 spiro atoms. The minimum atomic E-state index is -1.67. The molecule has 1 aliphatic heterocycles. The van der Waals surface area contributed by atoms with Gasteiger partial charge in [0.15, 0.2) is 8.32 Å². The summed E-state index contributed by atoms with van der Waals surface area (Å²) < 4.78 is 6.63. The summed E-state index contributed by atoms with van der Waals surface area (Å²) in [4.78, 5) is 2.57. The van der Waals surface area contributed by atoms with Gasteiger partial charge in [0.2, 0.25) is 0 Å². The zero-order chi connectivity index (χ0) is 18.8. The number of likely N-dealkylation sites (tertiary alicyclic amines) is 1. The van der Waals surface area contributed by atoms with Gasteiger partial charge in [0, 0.05) is 25.7 Å². The Morgan fingerprint density at radius 1 is 1.15 bits per heavy atom. The van der Waals surface area contributed by atoms with Crippen LogP contribution in [0.15, 0.2) is 18.2 Å². The van der Waals surface area contributed by atoms with E-state index in [1.54, 1.807) is 0 Å². The molecule has 2 atom stereocenters. The average Bonchev–Trinajstić information content (AvgIpc) is 2.89. The van der Waals surface area contributed by atoms with Gasteiger partial charge in [-0.05, 0) is 51.0 Å². The van der Waals surface area contributed by atoms with Gasteiger partial charge < -0.3 is 9.74 Å². The Morgan fingerprint density at radius 3 is 2.19 bits per heavy atom. The monoisotopic (exact) mass is 430 g/mol. The van der Waals surface area contributed by atoms with Gasteiger partial charge >= 0.3 is 0 Å². The Labute approximate surface area is 182 Å². The summed E-state index contributed by atoms with van der Waals surface area (Å²) in [6, 6.07) is 7.25. The molecule has 0 aromatic heterocycles. The summed E-state index contributed by atoms with van der Waals surface area (Å²) in [7, 11) is 0.403. The number of hydrogen-bond donors (Lipinski definition) is 1. The van der Waals surface area contributed by atoms with Gasteiger partial charge in [0.05, 0.1) is 6.10 Å². The first kappa shape index (κ1) is 27.0. The Balaban J connectivity index is 0.00000338. The van der Waals surface area contributed by atoms with E-state index >= 15 is 0 Å². The summed E-state index contributed by atoms with van der Waals surface area (Å²) >= 11 is 0. The summed E-state index contributed by atoms with van der Waals surface area (Å²) in [5.74, 6) is 0. The third-order valence-electron chi connectivity index (χ3n) is 5.93. The molecule has 1 aromatic rings. The van der Waals surface area contributed by atoms with E-state index in [0.717, 1.165) is 26.1 Å². The lowest BCUT2D eigenvalue weighted by Gasteiger charge is -2.38.